The standard InChI is InChI=1S/C17H17BrN4O/c1-23-16-4-2-3-15(10-16)21-5-7-22(8-6-21)17-13(11-19)9-14(18)12-20-17/h2-4,9-10,12H,5-8H2,1H3. The Kier molecular flexibility index (Phi) is 4.68. The number of ether oxygens (including phenoxy) is 1. The zero-order valence-electron chi connectivity index (χ0n) is 12.9. The summed E-state index contributed by atoms with van der Waals surface area (Å²) in [7, 11) is 1.68. The van der Waals surface area contributed by atoms with Gasteiger partial charge in [0.1, 0.15) is 17.6 Å². The van der Waals surface area contributed by atoms with Crippen molar-refractivity contribution >= 4 is 27.4 Å². The first kappa shape index (κ1) is 15.6. The van der Waals surface area contributed by atoms with Crippen LogP contribution in [0.1, 0.15) is 5.56 Å². The zero-order valence-corrected chi connectivity index (χ0v) is 14.5. The van der Waals surface area contributed by atoms with Crippen LogP contribution in [0.25, 0.3) is 0 Å². The Morgan fingerprint density at radius 2 is 1.91 bits per heavy atom. The fraction of sp³-hybridized carbons (Fsp3) is 0.294. The average Bonchev–Trinajstić information content (AvgIpc) is 2.62. The van der Waals surface area contributed by atoms with Crippen molar-refractivity contribution in [3.63, 3.8) is 0 Å². The Morgan fingerprint density at radius 1 is 1.17 bits per heavy atom. The molecule has 1 aromatic heterocycles. The summed E-state index contributed by atoms with van der Waals surface area (Å²) in [6.07, 6.45) is 1.74. The summed E-state index contributed by atoms with van der Waals surface area (Å²) in [5, 5.41) is 9.30. The maximum Gasteiger partial charge on any atom is 0.146 e. The molecule has 2 aromatic rings. The molecule has 2 heterocycles. The predicted octanol–water partition coefficient (Wildman–Crippen LogP) is 3.05. The van der Waals surface area contributed by atoms with Gasteiger partial charge >= 0.3 is 0 Å². The fourth-order valence-corrected chi connectivity index (χ4v) is 3.08. The van der Waals surface area contributed by atoms with Crippen LogP contribution in [0.4, 0.5) is 11.5 Å². The van der Waals surface area contributed by atoms with Crippen molar-refractivity contribution in [2.24, 2.45) is 0 Å². The largest absolute Gasteiger partial charge is 0.497 e. The summed E-state index contributed by atoms with van der Waals surface area (Å²) in [6, 6.07) is 12.1. The monoisotopic (exact) mass is 372 g/mol. The lowest BCUT2D eigenvalue weighted by Gasteiger charge is -2.37. The van der Waals surface area contributed by atoms with Crippen molar-refractivity contribution in [2.45, 2.75) is 0 Å². The number of halogens is 1. The highest BCUT2D eigenvalue weighted by Gasteiger charge is 2.21. The van der Waals surface area contributed by atoms with Gasteiger partial charge in [-0.3, -0.25) is 0 Å². The van der Waals surface area contributed by atoms with E-state index in [1.165, 1.54) is 0 Å². The molecule has 118 valence electrons. The minimum Gasteiger partial charge on any atom is -0.497 e. The first-order valence-corrected chi connectivity index (χ1v) is 8.20. The van der Waals surface area contributed by atoms with E-state index in [1.807, 2.05) is 24.3 Å². The molecule has 6 heteroatoms. The van der Waals surface area contributed by atoms with E-state index in [0.717, 1.165) is 47.9 Å². The smallest absolute Gasteiger partial charge is 0.146 e. The predicted molar refractivity (Wildman–Crippen MR) is 94.1 cm³/mol. The quantitative estimate of drug-likeness (QED) is 0.828. The van der Waals surface area contributed by atoms with Gasteiger partial charge in [0.25, 0.3) is 0 Å². The molecule has 23 heavy (non-hydrogen) atoms. The van der Waals surface area contributed by atoms with E-state index in [9.17, 15) is 5.26 Å². The highest BCUT2D eigenvalue weighted by molar-refractivity contribution is 9.10. The molecule has 0 amide bonds. The Bertz CT molecular complexity index is 736. The van der Waals surface area contributed by atoms with E-state index >= 15 is 0 Å². The van der Waals surface area contributed by atoms with E-state index in [0.29, 0.717) is 5.56 Å². The van der Waals surface area contributed by atoms with E-state index in [4.69, 9.17) is 4.74 Å². The number of rotatable bonds is 3. The number of nitrogens with zero attached hydrogens (tertiary/aromatic N) is 4. The molecular formula is C17H17BrN4O. The van der Waals surface area contributed by atoms with Gasteiger partial charge in [-0.2, -0.15) is 5.26 Å². The third-order valence-electron chi connectivity index (χ3n) is 3.95. The molecule has 3 rings (SSSR count). The van der Waals surface area contributed by atoms with E-state index < -0.39 is 0 Å². The van der Waals surface area contributed by atoms with Crippen molar-refractivity contribution in [2.75, 3.05) is 43.1 Å². The maximum atomic E-state index is 9.30. The van der Waals surface area contributed by atoms with Crippen LogP contribution in [0.5, 0.6) is 5.75 Å². The van der Waals surface area contributed by atoms with Gasteiger partial charge < -0.3 is 14.5 Å². The minimum atomic E-state index is 0.606. The third kappa shape index (κ3) is 3.40. The first-order chi connectivity index (χ1) is 11.2. The van der Waals surface area contributed by atoms with Gasteiger partial charge in [0.15, 0.2) is 0 Å². The molecule has 1 aliphatic heterocycles. The second-order valence-electron chi connectivity index (χ2n) is 5.31. The van der Waals surface area contributed by atoms with Crippen molar-refractivity contribution in [3.05, 3.63) is 46.6 Å². The van der Waals surface area contributed by atoms with Gasteiger partial charge in [-0.15, -0.1) is 0 Å². The second-order valence-corrected chi connectivity index (χ2v) is 6.23. The van der Waals surface area contributed by atoms with Gasteiger partial charge in [-0.25, -0.2) is 4.98 Å². The minimum absolute atomic E-state index is 0.606. The summed E-state index contributed by atoms with van der Waals surface area (Å²) in [4.78, 5) is 8.91. The van der Waals surface area contributed by atoms with Crippen LogP contribution in [0.2, 0.25) is 0 Å². The zero-order chi connectivity index (χ0) is 16.2. The molecule has 0 unspecified atom stereocenters. The average molecular weight is 373 g/mol. The molecule has 5 nitrogen and oxygen atoms in total. The number of nitriles is 1. The normalized spacial score (nSPS) is 14.5. The molecule has 1 saturated heterocycles. The Hall–Kier alpha value is -2.26. The lowest BCUT2D eigenvalue weighted by atomic mass is 10.2. The summed E-state index contributed by atoms with van der Waals surface area (Å²) in [6.45, 7) is 3.44. The van der Waals surface area contributed by atoms with Crippen molar-refractivity contribution in [1.29, 1.82) is 5.26 Å². The number of hydrogen-bond donors (Lipinski definition) is 0. The number of benzene rings is 1. The molecule has 0 aliphatic carbocycles. The van der Waals surface area contributed by atoms with Crippen LogP contribution in [-0.4, -0.2) is 38.3 Å². The molecule has 1 aliphatic rings. The number of hydrogen-bond acceptors (Lipinski definition) is 5. The topological polar surface area (TPSA) is 52.4 Å². The van der Waals surface area contributed by atoms with Gasteiger partial charge in [0.05, 0.1) is 12.7 Å². The molecule has 0 bridgehead atoms. The maximum absolute atomic E-state index is 9.30. The van der Waals surface area contributed by atoms with Crippen LogP contribution in [0, 0.1) is 11.3 Å². The molecule has 0 spiro atoms. The van der Waals surface area contributed by atoms with Gasteiger partial charge in [0.2, 0.25) is 0 Å². The molecule has 0 radical (unpaired) electrons. The van der Waals surface area contributed by atoms with E-state index in [-0.39, 0.29) is 0 Å². The fourth-order valence-electron chi connectivity index (χ4n) is 2.75. The van der Waals surface area contributed by atoms with E-state index in [2.05, 4.69) is 42.8 Å². The number of aromatic nitrogens is 1. The van der Waals surface area contributed by atoms with Crippen LogP contribution in [-0.2, 0) is 0 Å². The third-order valence-corrected chi connectivity index (χ3v) is 4.39. The summed E-state index contributed by atoms with van der Waals surface area (Å²) in [5.74, 6) is 1.63. The van der Waals surface area contributed by atoms with E-state index in [1.54, 1.807) is 13.3 Å². The van der Waals surface area contributed by atoms with Crippen LogP contribution in [0.3, 0.4) is 0 Å². The van der Waals surface area contributed by atoms with Gasteiger partial charge in [0, 0.05) is 48.6 Å². The number of pyridine rings is 1. The van der Waals surface area contributed by atoms with Crippen LogP contribution >= 0.6 is 15.9 Å². The lowest BCUT2D eigenvalue weighted by Crippen LogP contribution is -2.47. The number of methoxy groups -OCH3 is 1. The Balaban J connectivity index is 1.72. The van der Waals surface area contributed by atoms with Crippen molar-refractivity contribution in [1.82, 2.24) is 4.98 Å². The summed E-state index contributed by atoms with van der Waals surface area (Å²) in [5.41, 5.74) is 1.77. The number of anilines is 2. The molecule has 0 saturated carbocycles. The van der Waals surface area contributed by atoms with Gasteiger partial charge in [-0.05, 0) is 34.1 Å². The first-order valence-electron chi connectivity index (χ1n) is 7.41. The van der Waals surface area contributed by atoms with Gasteiger partial charge in [-0.1, -0.05) is 6.07 Å². The second kappa shape index (κ2) is 6.88. The molecule has 0 N–H and O–H groups in total. The molecular weight excluding hydrogens is 356 g/mol. The van der Waals surface area contributed by atoms with Crippen molar-refractivity contribution < 1.29 is 4.74 Å². The lowest BCUT2D eigenvalue weighted by molar-refractivity contribution is 0.414. The molecule has 0 atom stereocenters. The van der Waals surface area contributed by atoms with Crippen LogP contribution in [0.15, 0.2) is 41.0 Å². The number of piperazine rings is 1. The molecule has 1 aromatic carbocycles. The highest BCUT2D eigenvalue weighted by atomic mass is 79.9. The highest BCUT2D eigenvalue weighted by Crippen LogP contribution is 2.25. The Labute approximate surface area is 144 Å². The SMILES string of the molecule is COc1cccc(N2CCN(c3ncc(Br)cc3C#N)CC2)c1. The Morgan fingerprint density at radius 3 is 2.61 bits per heavy atom. The molecule has 1 fully saturated rings. The summed E-state index contributed by atoms with van der Waals surface area (Å²) < 4.78 is 6.12. The van der Waals surface area contributed by atoms with Crippen LogP contribution < -0.4 is 14.5 Å². The summed E-state index contributed by atoms with van der Waals surface area (Å²) >= 11 is 3.36. The van der Waals surface area contributed by atoms with Crippen molar-refractivity contribution in [3.8, 4) is 11.8 Å².